The van der Waals surface area contributed by atoms with Crippen molar-refractivity contribution in [2.75, 3.05) is 0 Å². The predicted octanol–water partition coefficient (Wildman–Crippen LogP) is 3.43. The molecule has 0 bridgehead atoms. The summed E-state index contributed by atoms with van der Waals surface area (Å²) < 4.78 is 0. The van der Waals surface area contributed by atoms with E-state index in [1.807, 2.05) is 45.9 Å². The van der Waals surface area contributed by atoms with Crippen LogP contribution in [0.3, 0.4) is 0 Å². The zero-order chi connectivity index (χ0) is 13.8. The minimum Gasteiger partial charge on any atom is -0.273 e. The maximum Gasteiger partial charge on any atom is 0.243 e. The summed E-state index contributed by atoms with van der Waals surface area (Å²) in [6, 6.07) is 5.84. The number of aryl methyl sites for hydroxylation is 2. The van der Waals surface area contributed by atoms with E-state index in [-0.39, 0.29) is 11.5 Å². The van der Waals surface area contributed by atoms with Crippen LogP contribution in [0.5, 0.6) is 0 Å². The molecule has 1 N–H and O–H groups in total. The van der Waals surface area contributed by atoms with Crippen molar-refractivity contribution >= 4 is 17.5 Å². The third-order valence-electron chi connectivity index (χ3n) is 2.35. The Labute approximate surface area is 113 Å². The van der Waals surface area contributed by atoms with E-state index in [1.165, 1.54) is 0 Å². The Kier molecular flexibility index (Phi) is 5.17. The molecule has 0 atom stereocenters. The smallest absolute Gasteiger partial charge is 0.243 e. The maximum absolute atomic E-state index is 11.5. The molecule has 0 saturated heterocycles. The largest absolute Gasteiger partial charge is 0.273 e. The maximum atomic E-state index is 11.5. The van der Waals surface area contributed by atoms with Crippen molar-refractivity contribution < 1.29 is 9.63 Å². The molecule has 100 valence electrons. The number of amides is 1. The number of rotatable bonds is 4. The SMILES string of the molecule is Cc1ccc(CCC(=O)NOC(C)(C)C)cc1Cl. The molecule has 1 amide bonds. The average molecular weight is 270 g/mol. The number of benzene rings is 1. The molecule has 0 spiro atoms. The third kappa shape index (κ3) is 5.52. The van der Waals surface area contributed by atoms with Crippen molar-refractivity contribution in [2.45, 2.75) is 46.1 Å². The summed E-state index contributed by atoms with van der Waals surface area (Å²) in [4.78, 5) is 16.7. The standard InChI is InChI=1S/C14H20ClNO2/c1-10-5-6-11(9-12(10)15)7-8-13(17)16-18-14(2,3)4/h5-6,9H,7-8H2,1-4H3,(H,16,17). The van der Waals surface area contributed by atoms with E-state index in [4.69, 9.17) is 16.4 Å². The van der Waals surface area contributed by atoms with Crippen molar-refractivity contribution in [3.63, 3.8) is 0 Å². The Morgan fingerprint density at radius 2 is 2.06 bits per heavy atom. The Morgan fingerprint density at radius 3 is 2.61 bits per heavy atom. The van der Waals surface area contributed by atoms with Gasteiger partial charge in [-0.1, -0.05) is 23.7 Å². The van der Waals surface area contributed by atoms with Crippen molar-refractivity contribution in [3.8, 4) is 0 Å². The zero-order valence-corrected chi connectivity index (χ0v) is 12.1. The summed E-state index contributed by atoms with van der Waals surface area (Å²) in [6.45, 7) is 7.60. The van der Waals surface area contributed by atoms with E-state index in [9.17, 15) is 4.79 Å². The van der Waals surface area contributed by atoms with Crippen molar-refractivity contribution in [3.05, 3.63) is 34.3 Å². The van der Waals surface area contributed by atoms with Crippen molar-refractivity contribution in [2.24, 2.45) is 0 Å². The lowest BCUT2D eigenvalue weighted by atomic mass is 10.1. The van der Waals surface area contributed by atoms with Gasteiger partial charge in [-0.05, 0) is 51.3 Å². The highest BCUT2D eigenvalue weighted by Crippen LogP contribution is 2.17. The molecular weight excluding hydrogens is 250 g/mol. The first-order valence-corrected chi connectivity index (χ1v) is 6.37. The lowest BCUT2D eigenvalue weighted by Crippen LogP contribution is -2.33. The lowest BCUT2D eigenvalue weighted by molar-refractivity contribution is -0.145. The quantitative estimate of drug-likeness (QED) is 0.851. The zero-order valence-electron chi connectivity index (χ0n) is 11.3. The molecule has 0 saturated carbocycles. The van der Waals surface area contributed by atoms with Gasteiger partial charge in [-0.25, -0.2) is 5.48 Å². The van der Waals surface area contributed by atoms with Gasteiger partial charge in [0, 0.05) is 11.4 Å². The molecule has 0 radical (unpaired) electrons. The van der Waals surface area contributed by atoms with Gasteiger partial charge in [0.15, 0.2) is 0 Å². The van der Waals surface area contributed by atoms with E-state index in [0.29, 0.717) is 12.8 Å². The van der Waals surface area contributed by atoms with Crippen LogP contribution in [0.1, 0.15) is 38.3 Å². The molecule has 18 heavy (non-hydrogen) atoms. The van der Waals surface area contributed by atoms with E-state index >= 15 is 0 Å². The molecule has 0 aromatic heterocycles. The molecular formula is C14H20ClNO2. The van der Waals surface area contributed by atoms with Crippen LogP contribution < -0.4 is 5.48 Å². The number of carbonyl (C=O) groups is 1. The van der Waals surface area contributed by atoms with Gasteiger partial charge in [-0.2, -0.15) is 0 Å². The number of carbonyl (C=O) groups excluding carboxylic acids is 1. The molecule has 1 rings (SSSR count). The molecule has 3 nitrogen and oxygen atoms in total. The van der Waals surface area contributed by atoms with Crippen LogP contribution in [0.4, 0.5) is 0 Å². The number of hydroxylamine groups is 1. The second-order valence-corrected chi connectivity index (χ2v) is 5.73. The van der Waals surface area contributed by atoms with Gasteiger partial charge in [0.05, 0.1) is 5.60 Å². The summed E-state index contributed by atoms with van der Waals surface area (Å²) in [5.41, 5.74) is 4.17. The second-order valence-electron chi connectivity index (χ2n) is 5.32. The highest BCUT2D eigenvalue weighted by Gasteiger charge is 2.12. The molecule has 0 heterocycles. The Bertz CT molecular complexity index is 424. The molecule has 1 aromatic rings. The van der Waals surface area contributed by atoms with Gasteiger partial charge in [0.25, 0.3) is 0 Å². The van der Waals surface area contributed by atoms with Gasteiger partial charge in [0.1, 0.15) is 0 Å². The first-order chi connectivity index (χ1) is 8.28. The third-order valence-corrected chi connectivity index (χ3v) is 2.76. The van der Waals surface area contributed by atoms with Crippen LogP contribution in [-0.2, 0) is 16.1 Å². The van der Waals surface area contributed by atoms with E-state index in [0.717, 1.165) is 16.1 Å². The van der Waals surface area contributed by atoms with Crippen LogP contribution >= 0.6 is 11.6 Å². The van der Waals surface area contributed by atoms with Crippen molar-refractivity contribution in [1.29, 1.82) is 0 Å². The van der Waals surface area contributed by atoms with Crippen LogP contribution in [-0.4, -0.2) is 11.5 Å². The molecule has 0 aliphatic carbocycles. The molecule has 0 fully saturated rings. The highest BCUT2D eigenvalue weighted by atomic mass is 35.5. The normalized spacial score (nSPS) is 11.4. The fraction of sp³-hybridized carbons (Fsp3) is 0.500. The van der Waals surface area contributed by atoms with E-state index < -0.39 is 0 Å². The summed E-state index contributed by atoms with van der Waals surface area (Å²) in [6.07, 6.45) is 1.04. The number of halogens is 1. The number of hydrogen-bond acceptors (Lipinski definition) is 2. The van der Waals surface area contributed by atoms with Gasteiger partial charge in [-0.15, -0.1) is 0 Å². The summed E-state index contributed by atoms with van der Waals surface area (Å²) in [7, 11) is 0. The summed E-state index contributed by atoms with van der Waals surface area (Å²) in [5, 5.41) is 0.735. The van der Waals surface area contributed by atoms with Gasteiger partial charge >= 0.3 is 0 Å². The Morgan fingerprint density at radius 1 is 1.39 bits per heavy atom. The number of hydrogen-bond donors (Lipinski definition) is 1. The topological polar surface area (TPSA) is 38.3 Å². The summed E-state index contributed by atoms with van der Waals surface area (Å²) in [5.74, 6) is -0.123. The first-order valence-electron chi connectivity index (χ1n) is 6.00. The van der Waals surface area contributed by atoms with Gasteiger partial charge < -0.3 is 0 Å². The first kappa shape index (κ1) is 15.0. The summed E-state index contributed by atoms with van der Waals surface area (Å²) >= 11 is 6.02. The van der Waals surface area contributed by atoms with Crippen LogP contribution in [0.2, 0.25) is 5.02 Å². The molecule has 0 unspecified atom stereocenters. The van der Waals surface area contributed by atoms with E-state index in [2.05, 4.69) is 5.48 Å². The molecule has 0 aliphatic heterocycles. The predicted molar refractivity (Wildman–Crippen MR) is 73.5 cm³/mol. The minimum atomic E-state index is -0.372. The molecule has 1 aromatic carbocycles. The number of nitrogens with one attached hydrogen (secondary N) is 1. The van der Waals surface area contributed by atoms with Crippen molar-refractivity contribution in [1.82, 2.24) is 5.48 Å². The fourth-order valence-corrected chi connectivity index (χ4v) is 1.51. The molecule has 0 aliphatic rings. The van der Waals surface area contributed by atoms with Gasteiger partial charge in [-0.3, -0.25) is 9.63 Å². The van der Waals surface area contributed by atoms with Crippen LogP contribution in [0, 0.1) is 6.92 Å². The second kappa shape index (κ2) is 6.21. The molecule has 4 heteroatoms. The Balaban J connectivity index is 2.40. The minimum absolute atomic E-state index is 0.123. The highest BCUT2D eigenvalue weighted by molar-refractivity contribution is 6.31. The monoisotopic (exact) mass is 269 g/mol. The van der Waals surface area contributed by atoms with Crippen LogP contribution in [0.25, 0.3) is 0 Å². The van der Waals surface area contributed by atoms with E-state index in [1.54, 1.807) is 0 Å². The lowest BCUT2D eigenvalue weighted by Gasteiger charge is -2.18. The Hall–Kier alpha value is -1.06. The van der Waals surface area contributed by atoms with Crippen LogP contribution in [0.15, 0.2) is 18.2 Å². The average Bonchev–Trinajstić information content (AvgIpc) is 2.27. The van der Waals surface area contributed by atoms with Gasteiger partial charge in [0.2, 0.25) is 5.91 Å². The fourth-order valence-electron chi connectivity index (χ4n) is 1.31.